The predicted molar refractivity (Wildman–Crippen MR) is 71.0 cm³/mol. The Morgan fingerprint density at radius 3 is 2.84 bits per heavy atom. The van der Waals surface area contributed by atoms with Crippen LogP contribution in [0.4, 0.5) is 5.88 Å². The summed E-state index contributed by atoms with van der Waals surface area (Å²) in [6, 6.07) is 9.10. The summed E-state index contributed by atoms with van der Waals surface area (Å²) in [5.74, 6) is 0.260. The normalized spacial score (nSPS) is 10.8. The monoisotopic (exact) mass is 256 g/mol. The number of benzene rings is 1. The summed E-state index contributed by atoms with van der Waals surface area (Å²) < 4.78 is 6.44. The first-order chi connectivity index (χ1) is 9.15. The first kappa shape index (κ1) is 11.3. The molecule has 2 aromatic heterocycles. The molecular weight excluding hydrogens is 244 g/mol. The highest BCUT2D eigenvalue weighted by atomic mass is 16.5. The van der Waals surface area contributed by atoms with Crippen molar-refractivity contribution < 1.29 is 4.52 Å². The number of nitrogens with one attached hydrogen (secondary N) is 1. The fourth-order valence-corrected chi connectivity index (χ4v) is 2.01. The van der Waals surface area contributed by atoms with E-state index in [1.807, 2.05) is 31.2 Å². The molecule has 0 aliphatic heterocycles. The van der Waals surface area contributed by atoms with Gasteiger partial charge in [-0.15, -0.1) is 0 Å². The number of hydrogen-bond donors (Lipinski definition) is 2. The second-order valence-corrected chi connectivity index (χ2v) is 4.24. The summed E-state index contributed by atoms with van der Waals surface area (Å²) in [4.78, 5) is 14.4. The Labute approximate surface area is 108 Å². The van der Waals surface area contributed by atoms with Crippen LogP contribution in [0.2, 0.25) is 0 Å². The van der Waals surface area contributed by atoms with Crippen molar-refractivity contribution in [2.24, 2.45) is 0 Å². The molecule has 2 heterocycles. The standard InChI is InChI=1S/C13H12N4O2/c1-8-7-15-13(18)17(8)10-4-2-3-9(5-10)11-6-12(14)19-16-11/h2-7H,14H2,1H3,(H,15,18). The average molecular weight is 256 g/mol. The van der Waals surface area contributed by atoms with Crippen LogP contribution in [0.3, 0.4) is 0 Å². The Morgan fingerprint density at radius 2 is 2.21 bits per heavy atom. The number of nitrogens with two attached hydrogens (primary N) is 1. The van der Waals surface area contributed by atoms with E-state index in [1.165, 1.54) is 0 Å². The molecule has 96 valence electrons. The van der Waals surface area contributed by atoms with Crippen LogP contribution in [-0.2, 0) is 0 Å². The lowest BCUT2D eigenvalue weighted by Crippen LogP contribution is -2.15. The number of anilines is 1. The predicted octanol–water partition coefficient (Wildman–Crippen LogP) is 1.71. The van der Waals surface area contributed by atoms with Crippen molar-refractivity contribution >= 4 is 5.88 Å². The van der Waals surface area contributed by atoms with Gasteiger partial charge in [-0.25, -0.2) is 4.79 Å². The third-order valence-electron chi connectivity index (χ3n) is 2.89. The van der Waals surface area contributed by atoms with E-state index in [4.69, 9.17) is 10.3 Å². The number of H-pyrrole nitrogens is 1. The van der Waals surface area contributed by atoms with E-state index >= 15 is 0 Å². The molecule has 1 aromatic carbocycles. The van der Waals surface area contributed by atoms with Crippen LogP contribution in [0.25, 0.3) is 16.9 Å². The molecule has 6 heteroatoms. The molecule has 3 aromatic rings. The Balaban J connectivity index is 2.13. The van der Waals surface area contributed by atoms with Crippen molar-refractivity contribution in [3.05, 3.63) is 52.7 Å². The van der Waals surface area contributed by atoms with Gasteiger partial charge < -0.3 is 15.2 Å². The Bertz CT molecular complexity index is 782. The van der Waals surface area contributed by atoms with Crippen LogP contribution < -0.4 is 11.4 Å². The second kappa shape index (κ2) is 4.16. The molecule has 0 saturated carbocycles. The molecule has 3 rings (SSSR count). The van der Waals surface area contributed by atoms with Crippen LogP contribution in [-0.4, -0.2) is 14.7 Å². The van der Waals surface area contributed by atoms with Crippen molar-refractivity contribution in [3.63, 3.8) is 0 Å². The number of hydrogen-bond acceptors (Lipinski definition) is 4. The Hall–Kier alpha value is -2.76. The summed E-state index contributed by atoms with van der Waals surface area (Å²) in [5, 5.41) is 3.86. The van der Waals surface area contributed by atoms with Gasteiger partial charge in [0, 0.05) is 23.5 Å². The number of rotatable bonds is 2. The maximum absolute atomic E-state index is 11.7. The minimum atomic E-state index is -0.172. The lowest BCUT2D eigenvalue weighted by Gasteiger charge is -2.05. The summed E-state index contributed by atoms with van der Waals surface area (Å²) >= 11 is 0. The Morgan fingerprint density at radius 1 is 1.37 bits per heavy atom. The largest absolute Gasteiger partial charge is 0.368 e. The summed E-state index contributed by atoms with van der Waals surface area (Å²) in [7, 11) is 0. The molecule has 3 N–H and O–H groups in total. The van der Waals surface area contributed by atoms with Gasteiger partial charge in [0.1, 0.15) is 5.69 Å². The summed E-state index contributed by atoms with van der Waals surface area (Å²) in [6.07, 6.45) is 1.67. The summed E-state index contributed by atoms with van der Waals surface area (Å²) in [5.41, 5.74) is 8.41. The smallest absolute Gasteiger partial charge is 0.330 e. The zero-order valence-corrected chi connectivity index (χ0v) is 10.3. The lowest BCUT2D eigenvalue weighted by molar-refractivity contribution is 0.439. The third-order valence-corrected chi connectivity index (χ3v) is 2.89. The van der Waals surface area contributed by atoms with Gasteiger partial charge >= 0.3 is 5.69 Å². The molecule has 0 aliphatic rings. The van der Waals surface area contributed by atoms with E-state index in [2.05, 4.69) is 10.1 Å². The van der Waals surface area contributed by atoms with Gasteiger partial charge in [-0.3, -0.25) is 4.57 Å². The van der Waals surface area contributed by atoms with Crippen LogP contribution in [0.1, 0.15) is 5.69 Å². The van der Waals surface area contributed by atoms with Gasteiger partial charge in [-0.1, -0.05) is 17.3 Å². The van der Waals surface area contributed by atoms with Gasteiger partial charge in [0.25, 0.3) is 0 Å². The van der Waals surface area contributed by atoms with E-state index in [1.54, 1.807) is 16.8 Å². The molecule has 6 nitrogen and oxygen atoms in total. The number of imidazole rings is 1. The van der Waals surface area contributed by atoms with Gasteiger partial charge in [-0.2, -0.15) is 0 Å². The zero-order chi connectivity index (χ0) is 13.4. The van der Waals surface area contributed by atoms with E-state index in [-0.39, 0.29) is 11.6 Å². The van der Waals surface area contributed by atoms with E-state index in [0.717, 1.165) is 16.9 Å². The van der Waals surface area contributed by atoms with Crippen LogP contribution in [0.15, 0.2) is 45.8 Å². The highest BCUT2D eigenvalue weighted by molar-refractivity contribution is 5.64. The van der Waals surface area contributed by atoms with Gasteiger partial charge in [0.2, 0.25) is 5.88 Å². The van der Waals surface area contributed by atoms with Gasteiger partial charge in [0.15, 0.2) is 0 Å². The van der Waals surface area contributed by atoms with E-state index in [0.29, 0.717) is 5.69 Å². The molecule has 0 atom stereocenters. The number of aromatic amines is 1. The van der Waals surface area contributed by atoms with Crippen LogP contribution in [0.5, 0.6) is 0 Å². The topological polar surface area (TPSA) is 89.8 Å². The minimum absolute atomic E-state index is 0.172. The first-order valence-corrected chi connectivity index (χ1v) is 5.75. The molecule has 0 radical (unpaired) electrons. The highest BCUT2D eigenvalue weighted by Crippen LogP contribution is 2.22. The molecule has 0 bridgehead atoms. The highest BCUT2D eigenvalue weighted by Gasteiger charge is 2.08. The van der Waals surface area contributed by atoms with E-state index in [9.17, 15) is 4.79 Å². The molecule has 19 heavy (non-hydrogen) atoms. The molecule has 0 aliphatic carbocycles. The molecule has 0 fully saturated rings. The molecule has 0 unspecified atom stereocenters. The van der Waals surface area contributed by atoms with Crippen LogP contribution >= 0.6 is 0 Å². The average Bonchev–Trinajstić information content (AvgIpc) is 2.97. The zero-order valence-electron chi connectivity index (χ0n) is 10.3. The molecule has 0 amide bonds. The van der Waals surface area contributed by atoms with Crippen molar-refractivity contribution in [2.75, 3.05) is 5.73 Å². The second-order valence-electron chi connectivity index (χ2n) is 4.24. The van der Waals surface area contributed by atoms with Crippen molar-refractivity contribution in [2.45, 2.75) is 6.92 Å². The fourth-order valence-electron chi connectivity index (χ4n) is 2.01. The fraction of sp³-hybridized carbons (Fsp3) is 0.0769. The third kappa shape index (κ3) is 1.93. The number of aryl methyl sites for hydroxylation is 1. The Kier molecular flexibility index (Phi) is 2.49. The quantitative estimate of drug-likeness (QED) is 0.730. The van der Waals surface area contributed by atoms with Crippen molar-refractivity contribution in [3.8, 4) is 16.9 Å². The van der Waals surface area contributed by atoms with Crippen LogP contribution in [0, 0.1) is 6.92 Å². The maximum atomic E-state index is 11.7. The minimum Gasteiger partial charge on any atom is -0.368 e. The number of aromatic nitrogens is 3. The lowest BCUT2D eigenvalue weighted by atomic mass is 10.1. The molecule has 0 saturated heterocycles. The molecular formula is C13H12N4O2. The SMILES string of the molecule is Cc1c[nH]c(=O)n1-c1cccc(-c2cc(N)on2)c1. The maximum Gasteiger partial charge on any atom is 0.330 e. The number of nitrogen functional groups attached to an aromatic ring is 1. The first-order valence-electron chi connectivity index (χ1n) is 5.75. The number of nitrogens with zero attached hydrogens (tertiary/aromatic N) is 2. The van der Waals surface area contributed by atoms with E-state index < -0.39 is 0 Å². The van der Waals surface area contributed by atoms with Crippen molar-refractivity contribution in [1.29, 1.82) is 0 Å². The van der Waals surface area contributed by atoms with Gasteiger partial charge in [0.05, 0.1) is 5.69 Å². The van der Waals surface area contributed by atoms with Crippen molar-refractivity contribution in [1.82, 2.24) is 14.7 Å². The van der Waals surface area contributed by atoms with Gasteiger partial charge in [-0.05, 0) is 19.1 Å². The molecule has 0 spiro atoms. The summed E-state index contributed by atoms with van der Waals surface area (Å²) in [6.45, 7) is 1.86.